The maximum absolute atomic E-state index is 5.72. The molecule has 0 bridgehead atoms. The Labute approximate surface area is 116 Å². The highest BCUT2D eigenvalue weighted by atomic mass is 16.5. The van der Waals surface area contributed by atoms with E-state index in [1.54, 1.807) is 0 Å². The van der Waals surface area contributed by atoms with Gasteiger partial charge in [-0.25, -0.2) is 0 Å². The first-order chi connectivity index (χ1) is 9.36. The number of nitrogens with zero attached hydrogens (tertiary/aromatic N) is 1. The van der Waals surface area contributed by atoms with E-state index in [4.69, 9.17) is 4.74 Å². The largest absolute Gasteiger partial charge is 0.494 e. The highest BCUT2D eigenvalue weighted by Crippen LogP contribution is 2.10. The minimum atomic E-state index is 0.664. The van der Waals surface area contributed by atoms with E-state index in [2.05, 4.69) is 17.1 Å². The van der Waals surface area contributed by atoms with Crippen LogP contribution in [0.5, 0.6) is 5.75 Å². The molecule has 0 radical (unpaired) electrons. The molecule has 1 fully saturated rings. The highest BCUT2D eigenvalue weighted by molar-refractivity contribution is 5.20. The van der Waals surface area contributed by atoms with Crippen LogP contribution in [0.15, 0.2) is 30.3 Å². The molecule has 1 atom stereocenters. The van der Waals surface area contributed by atoms with Crippen LogP contribution >= 0.6 is 0 Å². The summed E-state index contributed by atoms with van der Waals surface area (Å²) in [5.41, 5.74) is 0. The van der Waals surface area contributed by atoms with Crippen LogP contribution in [0.3, 0.4) is 0 Å². The third-order valence-corrected chi connectivity index (χ3v) is 3.71. The summed E-state index contributed by atoms with van der Waals surface area (Å²) in [5, 5.41) is 3.48. The molecule has 0 spiro atoms. The first-order valence-corrected chi connectivity index (χ1v) is 7.49. The standard InChI is InChI=1S/C16H26N2O/c1-15-14-17-10-7-12-18(15)11-5-6-13-19-16-8-3-2-4-9-16/h2-4,8-9,15,17H,5-7,10-14H2,1H3. The number of unbranched alkanes of at least 4 members (excludes halogenated alkanes) is 1. The number of para-hydroxylation sites is 1. The van der Waals surface area contributed by atoms with Gasteiger partial charge in [-0.2, -0.15) is 0 Å². The van der Waals surface area contributed by atoms with Gasteiger partial charge in [-0.15, -0.1) is 0 Å². The SMILES string of the molecule is CC1CNCCCN1CCCCOc1ccccc1. The zero-order valence-electron chi connectivity index (χ0n) is 12.0. The summed E-state index contributed by atoms with van der Waals surface area (Å²) in [6, 6.07) is 10.7. The Bertz CT molecular complexity index is 342. The smallest absolute Gasteiger partial charge is 0.119 e. The van der Waals surface area contributed by atoms with E-state index < -0.39 is 0 Å². The van der Waals surface area contributed by atoms with Crippen LogP contribution in [0.4, 0.5) is 0 Å². The van der Waals surface area contributed by atoms with E-state index in [9.17, 15) is 0 Å². The van der Waals surface area contributed by atoms with Crippen molar-refractivity contribution in [1.29, 1.82) is 0 Å². The molecule has 106 valence electrons. The van der Waals surface area contributed by atoms with E-state index in [-0.39, 0.29) is 0 Å². The molecule has 0 aliphatic carbocycles. The number of benzene rings is 1. The zero-order valence-corrected chi connectivity index (χ0v) is 12.0. The number of nitrogens with one attached hydrogen (secondary N) is 1. The fraction of sp³-hybridized carbons (Fsp3) is 0.625. The van der Waals surface area contributed by atoms with Gasteiger partial charge in [0.15, 0.2) is 0 Å². The minimum absolute atomic E-state index is 0.664. The molecule has 2 rings (SSSR count). The van der Waals surface area contributed by atoms with Gasteiger partial charge in [0, 0.05) is 12.6 Å². The first-order valence-electron chi connectivity index (χ1n) is 7.49. The van der Waals surface area contributed by atoms with Gasteiger partial charge in [-0.05, 0) is 58.0 Å². The van der Waals surface area contributed by atoms with Gasteiger partial charge in [-0.3, -0.25) is 4.90 Å². The molecule has 1 unspecified atom stereocenters. The summed E-state index contributed by atoms with van der Waals surface area (Å²) in [6.45, 7) is 7.86. The van der Waals surface area contributed by atoms with E-state index >= 15 is 0 Å². The fourth-order valence-corrected chi connectivity index (χ4v) is 2.52. The lowest BCUT2D eigenvalue weighted by Gasteiger charge is -2.26. The highest BCUT2D eigenvalue weighted by Gasteiger charge is 2.15. The number of hydrogen-bond donors (Lipinski definition) is 1. The lowest BCUT2D eigenvalue weighted by molar-refractivity contribution is 0.209. The molecule has 1 aromatic carbocycles. The molecular weight excluding hydrogens is 236 g/mol. The molecule has 0 aromatic heterocycles. The predicted molar refractivity (Wildman–Crippen MR) is 79.7 cm³/mol. The van der Waals surface area contributed by atoms with Crippen molar-refractivity contribution in [3.8, 4) is 5.75 Å². The molecule has 0 saturated carbocycles. The summed E-state index contributed by atoms with van der Waals surface area (Å²) >= 11 is 0. The van der Waals surface area contributed by atoms with Crippen LogP contribution in [0, 0.1) is 0 Å². The van der Waals surface area contributed by atoms with Crippen molar-refractivity contribution in [1.82, 2.24) is 10.2 Å². The zero-order chi connectivity index (χ0) is 13.3. The van der Waals surface area contributed by atoms with Crippen molar-refractivity contribution >= 4 is 0 Å². The Morgan fingerprint density at radius 1 is 1.26 bits per heavy atom. The molecule has 3 heteroatoms. The summed E-state index contributed by atoms with van der Waals surface area (Å²) in [6.07, 6.45) is 3.62. The monoisotopic (exact) mass is 262 g/mol. The van der Waals surface area contributed by atoms with Gasteiger partial charge in [0.2, 0.25) is 0 Å². The lowest BCUT2D eigenvalue weighted by atomic mass is 10.2. The van der Waals surface area contributed by atoms with Gasteiger partial charge in [0.25, 0.3) is 0 Å². The second-order valence-electron chi connectivity index (χ2n) is 5.31. The second kappa shape index (κ2) is 8.18. The number of rotatable bonds is 6. The molecule has 1 N–H and O–H groups in total. The van der Waals surface area contributed by atoms with Crippen LogP contribution in [0.1, 0.15) is 26.2 Å². The molecule has 0 amide bonds. The van der Waals surface area contributed by atoms with Crippen molar-refractivity contribution in [3.05, 3.63) is 30.3 Å². The molecule has 1 aromatic rings. The quantitative estimate of drug-likeness (QED) is 0.797. The topological polar surface area (TPSA) is 24.5 Å². The van der Waals surface area contributed by atoms with Crippen molar-refractivity contribution < 1.29 is 4.74 Å². The Balaban J connectivity index is 1.58. The fourth-order valence-electron chi connectivity index (χ4n) is 2.52. The van der Waals surface area contributed by atoms with Crippen LogP contribution in [0.2, 0.25) is 0 Å². The Kier molecular flexibility index (Phi) is 6.18. The average molecular weight is 262 g/mol. The molecule has 1 saturated heterocycles. The van der Waals surface area contributed by atoms with Gasteiger partial charge >= 0.3 is 0 Å². The maximum Gasteiger partial charge on any atom is 0.119 e. The van der Waals surface area contributed by atoms with Gasteiger partial charge < -0.3 is 10.1 Å². The molecule has 1 heterocycles. The summed E-state index contributed by atoms with van der Waals surface area (Å²) in [7, 11) is 0. The Morgan fingerprint density at radius 3 is 2.95 bits per heavy atom. The third-order valence-electron chi connectivity index (χ3n) is 3.71. The normalized spacial score (nSPS) is 21.0. The van der Waals surface area contributed by atoms with Gasteiger partial charge in [-0.1, -0.05) is 18.2 Å². The van der Waals surface area contributed by atoms with E-state index in [0.717, 1.165) is 31.9 Å². The van der Waals surface area contributed by atoms with Crippen molar-refractivity contribution in [2.45, 2.75) is 32.2 Å². The van der Waals surface area contributed by atoms with Crippen molar-refractivity contribution in [2.75, 3.05) is 32.8 Å². The molecule has 3 nitrogen and oxygen atoms in total. The van der Waals surface area contributed by atoms with Gasteiger partial charge in [0.1, 0.15) is 5.75 Å². The maximum atomic E-state index is 5.72. The van der Waals surface area contributed by atoms with E-state index in [1.165, 1.54) is 25.9 Å². The van der Waals surface area contributed by atoms with E-state index in [1.807, 2.05) is 30.3 Å². The van der Waals surface area contributed by atoms with Crippen LogP contribution < -0.4 is 10.1 Å². The average Bonchev–Trinajstić information content (AvgIpc) is 2.65. The predicted octanol–water partition coefficient (Wildman–Crippen LogP) is 2.53. The molecule has 1 aliphatic rings. The Hall–Kier alpha value is -1.06. The number of hydrogen-bond acceptors (Lipinski definition) is 3. The van der Waals surface area contributed by atoms with Crippen molar-refractivity contribution in [2.24, 2.45) is 0 Å². The van der Waals surface area contributed by atoms with Crippen LogP contribution in [0.25, 0.3) is 0 Å². The lowest BCUT2D eigenvalue weighted by Crippen LogP contribution is -2.38. The van der Waals surface area contributed by atoms with Crippen LogP contribution in [-0.2, 0) is 0 Å². The summed E-state index contributed by atoms with van der Waals surface area (Å²) in [5.74, 6) is 0.981. The first kappa shape index (κ1) is 14.4. The second-order valence-corrected chi connectivity index (χ2v) is 5.31. The molecule has 1 aliphatic heterocycles. The summed E-state index contributed by atoms with van der Waals surface area (Å²) in [4.78, 5) is 2.60. The van der Waals surface area contributed by atoms with E-state index in [0.29, 0.717) is 6.04 Å². The van der Waals surface area contributed by atoms with Crippen molar-refractivity contribution in [3.63, 3.8) is 0 Å². The Morgan fingerprint density at radius 2 is 2.11 bits per heavy atom. The minimum Gasteiger partial charge on any atom is -0.494 e. The summed E-state index contributed by atoms with van der Waals surface area (Å²) < 4.78 is 5.72. The van der Waals surface area contributed by atoms with Crippen LogP contribution in [-0.4, -0.2) is 43.7 Å². The third kappa shape index (κ3) is 5.21. The molecule has 19 heavy (non-hydrogen) atoms. The number of ether oxygens (including phenoxy) is 1. The molecular formula is C16H26N2O. The van der Waals surface area contributed by atoms with Gasteiger partial charge in [0.05, 0.1) is 6.61 Å².